The summed E-state index contributed by atoms with van der Waals surface area (Å²) in [6, 6.07) is -0.886. The van der Waals surface area contributed by atoms with Crippen molar-refractivity contribution in [2.75, 3.05) is 40.9 Å². The van der Waals surface area contributed by atoms with Crippen LogP contribution >= 0.6 is 7.82 Å². The Kier molecular flexibility index (Phi) is 46.3. The molecule has 380 valence electrons. The van der Waals surface area contributed by atoms with Gasteiger partial charge in [-0.3, -0.25) is 9.36 Å². The van der Waals surface area contributed by atoms with Crippen LogP contribution < -0.4 is 10.2 Å². The molecule has 0 radical (unpaired) electrons. The number of aliphatic hydroxyl groups excluding tert-OH is 1. The van der Waals surface area contributed by atoms with Crippen LogP contribution in [0.25, 0.3) is 0 Å². The molecule has 0 saturated heterocycles. The highest BCUT2D eigenvalue weighted by atomic mass is 31.2. The smallest absolute Gasteiger partial charge is 0.268 e. The minimum atomic E-state index is -4.59. The number of nitrogens with zero attached hydrogens (tertiary/aromatic N) is 1. The Hall–Kier alpha value is -1.02. The Balaban J connectivity index is 4.25. The fourth-order valence-corrected chi connectivity index (χ4v) is 8.99. The van der Waals surface area contributed by atoms with Gasteiger partial charge in [0.05, 0.1) is 39.9 Å². The van der Waals surface area contributed by atoms with E-state index in [1.807, 2.05) is 27.2 Å². The molecule has 9 heteroatoms. The van der Waals surface area contributed by atoms with E-state index in [0.29, 0.717) is 17.4 Å². The summed E-state index contributed by atoms with van der Waals surface area (Å²) in [6.45, 7) is 4.68. The van der Waals surface area contributed by atoms with Crippen LogP contribution in [0.3, 0.4) is 0 Å². The van der Waals surface area contributed by atoms with Crippen LogP contribution in [0.1, 0.15) is 271 Å². The van der Waals surface area contributed by atoms with Crippen molar-refractivity contribution < 1.29 is 32.9 Å². The Labute approximate surface area is 398 Å². The number of phosphoric ester groups is 1. The van der Waals surface area contributed by atoms with Crippen LogP contribution in [0.4, 0.5) is 0 Å². The van der Waals surface area contributed by atoms with Crippen molar-refractivity contribution in [2.24, 2.45) is 0 Å². The van der Waals surface area contributed by atoms with E-state index < -0.39 is 20.0 Å². The molecule has 0 aromatic heterocycles. The highest BCUT2D eigenvalue weighted by Crippen LogP contribution is 2.38. The van der Waals surface area contributed by atoms with E-state index in [2.05, 4.69) is 31.3 Å². The van der Waals surface area contributed by atoms with Gasteiger partial charge in [0.15, 0.2) is 0 Å². The summed E-state index contributed by atoms with van der Waals surface area (Å²) in [4.78, 5) is 25.5. The number of unbranched alkanes of at least 4 members (excludes halogenated alkanes) is 36. The fraction of sp³-hybridized carbons (Fsp3) is 0.909. The van der Waals surface area contributed by atoms with Crippen molar-refractivity contribution in [3.05, 3.63) is 24.3 Å². The molecule has 0 heterocycles. The molecule has 3 atom stereocenters. The topological polar surface area (TPSA) is 108 Å². The van der Waals surface area contributed by atoms with Gasteiger partial charge in [0.1, 0.15) is 13.2 Å². The molecular formula is C55H109N2O6P. The minimum Gasteiger partial charge on any atom is -0.756 e. The zero-order valence-corrected chi connectivity index (χ0v) is 44.1. The molecule has 0 bridgehead atoms. The molecule has 0 aliphatic carbocycles. The van der Waals surface area contributed by atoms with Crippen molar-refractivity contribution in [1.29, 1.82) is 0 Å². The third kappa shape index (κ3) is 48.9. The Morgan fingerprint density at radius 1 is 0.531 bits per heavy atom. The van der Waals surface area contributed by atoms with Gasteiger partial charge in [-0.05, 0) is 44.9 Å². The summed E-state index contributed by atoms with van der Waals surface area (Å²) >= 11 is 0. The summed E-state index contributed by atoms with van der Waals surface area (Å²) in [5.74, 6) is -0.196. The number of amides is 1. The summed E-state index contributed by atoms with van der Waals surface area (Å²) < 4.78 is 23.3. The molecule has 8 nitrogen and oxygen atoms in total. The van der Waals surface area contributed by atoms with Gasteiger partial charge in [-0.15, -0.1) is 0 Å². The first-order chi connectivity index (χ1) is 31.0. The van der Waals surface area contributed by atoms with E-state index >= 15 is 0 Å². The summed E-state index contributed by atoms with van der Waals surface area (Å²) in [6.07, 6.45) is 58.1. The first kappa shape index (κ1) is 63.0. The second-order valence-corrected chi connectivity index (χ2v) is 21.7. The van der Waals surface area contributed by atoms with Crippen LogP contribution in [0.2, 0.25) is 0 Å². The molecule has 0 aromatic rings. The lowest BCUT2D eigenvalue weighted by molar-refractivity contribution is -0.870. The van der Waals surface area contributed by atoms with E-state index in [1.54, 1.807) is 6.08 Å². The lowest BCUT2D eigenvalue weighted by Crippen LogP contribution is -2.45. The van der Waals surface area contributed by atoms with Gasteiger partial charge in [0, 0.05) is 6.42 Å². The molecule has 3 unspecified atom stereocenters. The van der Waals surface area contributed by atoms with Crippen LogP contribution in [0.15, 0.2) is 24.3 Å². The van der Waals surface area contributed by atoms with E-state index in [9.17, 15) is 19.4 Å². The lowest BCUT2D eigenvalue weighted by Gasteiger charge is -2.29. The number of aliphatic hydroxyl groups is 1. The van der Waals surface area contributed by atoms with Gasteiger partial charge >= 0.3 is 0 Å². The molecule has 0 rings (SSSR count). The maximum atomic E-state index is 12.9. The predicted octanol–water partition coefficient (Wildman–Crippen LogP) is 15.8. The number of quaternary nitrogens is 1. The van der Waals surface area contributed by atoms with Gasteiger partial charge in [-0.25, -0.2) is 0 Å². The van der Waals surface area contributed by atoms with Gasteiger partial charge in [0.25, 0.3) is 7.82 Å². The quantitative estimate of drug-likeness (QED) is 0.0272. The Bertz CT molecular complexity index is 1090. The average Bonchev–Trinajstić information content (AvgIpc) is 3.25. The molecule has 0 aliphatic heterocycles. The van der Waals surface area contributed by atoms with Crippen molar-refractivity contribution in [2.45, 2.75) is 283 Å². The number of hydrogen-bond acceptors (Lipinski definition) is 6. The molecule has 0 aliphatic rings. The number of allylic oxidation sites excluding steroid dienone is 3. The van der Waals surface area contributed by atoms with Crippen molar-refractivity contribution in [3.63, 3.8) is 0 Å². The largest absolute Gasteiger partial charge is 0.756 e. The zero-order chi connectivity index (χ0) is 47.1. The maximum absolute atomic E-state index is 12.9. The normalized spacial score (nSPS) is 14.2. The van der Waals surface area contributed by atoms with Gasteiger partial charge in [-0.1, -0.05) is 244 Å². The van der Waals surface area contributed by atoms with Gasteiger partial charge < -0.3 is 28.8 Å². The highest BCUT2D eigenvalue weighted by molar-refractivity contribution is 7.45. The molecule has 0 saturated carbocycles. The summed E-state index contributed by atoms with van der Waals surface area (Å²) in [5.41, 5.74) is 0. The minimum absolute atomic E-state index is 0.000270. The highest BCUT2D eigenvalue weighted by Gasteiger charge is 2.23. The molecule has 0 spiro atoms. The number of phosphoric acid groups is 1. The van der Waals surface area contributed by atoms with E-state index in [-0.39, 0.29) is 19.1 Å². The molecule has 1 amide bonds. The number of carbonyl (C=O) groups excluding carboxylic acids is 1. The monoisotopic (exact) mass is 925 g/mol. The number of nitrogens with one attached hydrogen (secondary N) is 1. The number of carbonyl (C=O) groups is 1. The predicted molar refractivity (Wildman–Crippen MR) is 275 cm³/mol. The zero-order valence-electron chi connectivity index (χ0n) is 43.3. The molecule has 64 heavy (non-hydrogen) atoms. The van der Waals surface area contributed by atoms with Crippen LogP contribution in [0, 0.1) is 0 Å². The van der Waals surface area contributed by atoms with Gasteiger partial charge in [0.2, 0.25) is 5.91 Å². The Morgan fingerprint density at radius 3 is 1.22 bits per heavy atom. The molecule has 0 fully saturated rings. The number of likely N-dealkylation sites (N-methyl/N-ethyl adjacent to an activating group) is 1. The Morgan fingerprint density at radius 2 is 0.859 bits per heavy atom. The number of rotatable bonds is 51. The SMILES string of the molecule is CCCCCCCCCC/C=C\CCCCCCCCCCCC(=O)NC(COP(=O)([O-])OCC[N+](C)(C)C)C(O)/C=C/CCCCCCCCCCCCCCCCCCCCC. The fourth-order valence-electron chi connectivity index (χ4n) is 8.27. The van der Waals surface area contributed by atoms with Crippen LogP contribution in [-0.4, -0.2) is 68.5 Å². The molecule has 0 aromatic carbocycles. The second kappa shape index (κ2) is 47.1. The molecular weight excluding hydrogens is 816 g/mol. The third-order valence-electron chi connectivity index (χ3n) is 12.7. The molecule has 2 N–H and O–H groups in total. The maximum Gasteiger partial charge on any atom is 0.268 e. The first-order valence-corrected chi connectivity index (χ1v) is 29.2. The van der Waals surface area contributed by atoms with E-state index in [0.717, 1.165) is 38.5 Å². The summed E-state index contributed by atoms with van der Waals surface area (Å²) in [5, 5.41) is 13.9. The average molecular weight is 925 g/mol. The van der Waals surface area contributed by atoms with Crippen molar-refractivity contribution >= 4 is 13.7 Å². The van der Waals surface area contributed by atoms with Crippen LogP contribution in [0.5, 0.6) is 0 Å². The van der Waals surface area contributed by atoms with Gasteiger partial charge in [-0.2, -0.15) is 0 Å². The second-order valence-electron chi connectivity index (χ2n) is 20.3. The van der Waals surface area contributed by atoms with E-state index in [1.165, 1.54) is 212 Å². The lowest BCUT2D eigenvalue weighted by atomic mass is 10.0. The standard InChI is InChI=1S/C55H109N2O6P/c1-6-8-10-12-14-16-18-20-22-24-26-28-30-32-34-36-38-40-42-44-46-48-54(58)53(52-63-64(60,61)62-51-50-57(3,4)5)56-55(59)49-47-45-43-41-39-37-35-33-31-29-27-25-23-21-19-17-15-13-11-9-7-2/h25,27,46,48,53-54,58H,6-24,26,28-45,47,49-52H2,1-5H3,(H-,56,59,60,61)/b27-25-,48-46+. The van der Waals surface area contributed by atoms with Crippen LogP contribution in [-0.2, 0) is 18.4 Å². The van der Waals surface area contributed by atoms with Crippen molar-refractivity contribution in [3.8, 4) is 0 Å². The van der Waals surface area contributed by atoms with Crippen molar-refractivity contribution in [1.82, 2.24) is 5.32 Å². The third-order valence-corrected chi connectivity index (χ3v) is 13.6. The summed E-state index contributed by atoms with van der Waals surface area (Å²) in [7, 11) is 1.27. The first-order valence-electron chi connectivity index (χ1n) is 27.7. The van der Waals surface area contributed by atoms with E-state index in [4.69, 9.17) is 9.05 Å². The number of hydrogen-bond donors (Lipinski definition) is 2.